The fraction of sp³-hybridized carbons (Fsp3) is 0.211. The van der Waals surface area contributed by atoms with E-state index in [1.54, 1.807) is 10.5 Å². The first-order chi connectivity index (χ1) is 12.5. The van der Waals surface area contributed by atoms with Gasteiger partial charge >= 0.3 is 0 Å². The van der Waals surface area contributed by atoms with Crippen molar-refractivity contribution in [3.63, 3.8) is 0 Å². The van der Waals surface area contributed by atoms with Gasteiger partial charge in [-0.25, -0.2) is 8.78 Å². The summed E-state index contributed by atoms with van der Waals surface area (Å²) in [5, 5.41) is 7.92. The van der Waals surface area contributed by atoms with Crippen LogP contribution in [0.1, 0.15) is 19.8 Å². The number of allylic oxidation sites excluding steroid dienone is 3. The Kier molecular flexibility index (Phi) is 3.79. The van der Waals surface area contributed by atoms with E-state index in [0.29, 0.717) is 23.7 Å². The average Bonchev–Trinajstić information content (AvgIpc) is 3.11. The predicted molar refractivity (Wildman–Crippen MR) is 96.8 cm³/mol. The molecule has 0 saturated carbocycles. The molecule has 0 aliphatic carbocycles. The van der Waals surface area contributed by atoms with Crippen molar-refractivity contribution in [3.05, 3.63) is 66.2 Å². The first-order valence-corrected chi connectivity index (χ1v) is 8.29. The molecule has 0 amide bonds. The van der Waals surface area contributed by atoms with Gasteiger partial charge in [0.25, 0.3) is 5.78 Å². The summed E-state index contributed by atoms with van der Waals surface area (Å²) in [6, 6.07) is 2.61. The van der Waals surface area contributed by atoms with Crippen molar-refractivity contribution in [3.8, 4) is 0 Å². The molecule has 0 bridgehead atoms. The summed E-state index contributed by atoms with van der Waals surface area (Å²) in [6.07, 6.45) is 4.85. The van der Waals surface area contributed by atoms with Gasteiger partial charge in [-0.15, -0.1) is 10.2 Å². The molecule has 0 spiro atoms. The molecule has 0 saturated heterocycles. The molecule has 1 aromatic carbocycles. The Labute approximate surface area is 149 Å². The van der Waals surface area contributed by atoms with Gasteiger partial charge in [-0.1, -0.05) is 18.7 Å². The van der Waals surface area contributed by atoms with Crippen LogP contribution in [-0.2, 0) is 0 Å². The smallest absolute Gasteiger partial charge is 0.257 e. The highest BCUT2D eigenvalue weighted by atomic mass is 19.2. The van der Waals surface area contributed by atoms with Crippen LogP contribution in [0.15, 0.2) is 54.5 Å². The number of fused-ring (bicyclic) bond motifs is 3. The zero-order chi connectivity index (χ0) is 18.4. The number of benzene rings is 1. The van der Waals surface area contributed by atoms with Crippen molar-refractivity contribution in [2.75, 3.05) is 11.4 Å². The van der Waals surface area contributed by atoms with Gasteiger partial charge in [0, 0.05) is 12.2 Å². The van der Waals surface area contributed by atoms with E-state index in [1.807, 2.05) is 11.8 Å². The number of rotatable bonds is 3. The fourth-order valence-electron chi connectivity index (χ4n) is 3.49. The standard InChI is InChI=1S/C19H17F2N5/c1-4-14-12(11(2)3)6-5-9-25(14)18-16-15(8-7-13(20)17(16)21)26-10-22-24-19(26)23-18/h4,7-8,10H,1-2,5-6,9H2,3H3. The number of anilines is 1. The van der Waals surface area contributed by atoms with E-state index >= 15 is 0 Å². The van der Waals surface area contributed by atoms with Crippen molar-refractivity contribution < 1.29 is 8.78 Å². The molecule has 26 heavy (non-hydrogen) atoms. The molecular weight excluding hydrogens is 336 g/mol. The van der Waals surface area contributed by atoms with Gasteiger partial charge in [0.2, 0.25) is 0 Å². The third-order valence-electron chi connectivity index (χ3n) is 4.66. The van der Waals surface area contributed by atoms with Crippen LogP contribution in [-0.4, -0.2) is 26.1 Å². The molecule has 1 aliphatic heterocycles. The van der Waals surface area contributed by atoms with Crippen LogP contribution in [0.5, 0.6) is 0 Å². The lowest BCUT2D eigenvalue weighted by molar-refractivity contribution is 0.516. The number of hydrogen-bond acceptors (Lipinski definition) is 4. The Balaban J connectivity index is 2.09. The molecule has 3 heterocycles. The normalized spacial score (nSPS) is 15.1. The molecule has 0 radical (unpaired) electrons. The van der Waals surface area contributed by atoms with Crippen molar-refractivity contribution in [2.24, 2.45) is 0 Å². The lowest BCUT2D eigenvalue weighted by atomic mass is 9.96. The number of hydrogen-bond donors (Lipinski definition) is 0. The number of aromatic nitrogens is 4. The number of nitrogens with zero attached hydrogens (tertiary/aromatic N) is 5. The van der Waals surface area contributed by atoms with E-state index in [-0.39, 0.29) is 5.39 Å². The van der Waals surface area contributed by atoms with Gasteiger partial charge in [-0.05, 0) is 43.5 Å². The van der Waals surface area contributed by atoms with Crippen molar-refractivity contribution >= 4 is 22.5 Å². The molecular formula is C19H17F2N5. The highest BCUT2D eigenvalue weighted by Gasteiger charge is 2.26. The maximum absolute atomic E-state index is 14.8. The minimum Gasteiger partial charge on any atom is -0.325 e. The van der Waals surface area contributed by atoms with Crippen molar-refractivity contribution in [1.29, 1.82) is 0 Å². The molecule has 4 rings (SSSR count). The fourth-order valence-corrected chi connectivity index (χ4v) is 3.49. The molecule has 3 aromatic rings. The van der Waals surface area contributed by atoms with Crippen molar-refractivity contribution in [2.45, 2.75) is 19.8 Å². The summed E-state index contributed by atoms with van der Waals surface area (Å²) in [5.74, 6) is -1.23. The monoisotopic (exact) mass is 353 g/mol. The Morgan fingerprint density at radius 3 is 2.85 bits per heavy atom. The summed E-state index contributed by atoms with van der Waals surface area (Å²) in [7, 11) is 0. The van der Waals surface area contributed by atoms with E-state index in [9.17, 15) is 8.78 Å². The highest BCUT2D eigenvalue weighted by molar-refractivity contribution is 5.93. The maximum Gasteiger partial charge on any atom is 0.257 e. The molecule has 0 unspecified atom stereocenters. The molecule has 132 valence electrons. The average molecular weight is 353 g/mol. The first kappa shape index (κ1) is 16.4. The zero-order valence-corrected chi connectivity index (χ0v) is 14.3. The first-order valence-electron chi connectivity index (χ1n) is 8.29. The maximum atomic E-state index is 14.8. The molecule has 1 aliphatic rings. The van der Waals surface area contributed by atoms with Gasteiger partial charge in [-0.2, -0.15) is 4.98 Å². The third kappa shape index (κ3) is 2.31. The van der Waals surface area contributed by atoms with Crippen molar-refractivity contribution in [1.82, 2.24) is 19.6 Å². The third-order valence-corrected chi connectivity index (χ3v) is 4.66. The summed E-state index contributed by atoms with van der Waals surface area (Å²) in [6.45, 7) is 10.5. The Morgan fingerprint density at radius 2 is 2.12 bits per heavy atom. The van der Waals surface area contributed by atoms with E-state index in [4.69, 9.17) is 0 Å². The quantitative estimate of drug-likeness (QED) is 0.709. The van der Waals surface area contributed by atoms with E-state index < -0.39 is 11.6 Å². The van der Waals surface area contributed by atoms with E-state index in [1.165, 1.54) is 12.4 Å². The van der Waals surface area contributed by atoms with Gasteiger partial charge in [0.1, 0.15) is 12.1 Å². The molecule has 5 nitrogen and oxygen atoms in total. The second-order valence-electron chi connectivity index (χ2n) is 6.30. The minimum atomic E-state index is -0.938. The van der Waals surface area contributed by atoms with Gasteiger partial charge in [-0.3, -0.25) is 4.40 Å². The van der Waals surface area contributed by atoms with Crippen LogP contribution < -0.4 is 4.90 Å². The van der Waals surface area contributed by atoms with Gasteiger partial charge in [0.15, 0.2) is 11.6 Å². The van der Waals surface area contributed by atoms with Crippen LogP contribution in [0, 0.1) is 11.6 Å². The van der Waals surface area contributed by atoms with Gasteiger partial charge < -0.3 is 4.90 Å². The lowest BCUT2D eigenvalue weighted by Gasteiger charge is -2.32. The van der Waals surface area contributed by atoms with Crippen LogP contribution in [0.2, 0.25) is 0 Å². The highest BCUT2D eigenvalue weighted by Crippen LogP contribution is 2.36. The summed E-state index contributed by atoms with van der Waals surface area (Å²) >= 11 is 0. The summed E-state index contributed by atoms with van der Waals surface area (Å²) in [4.78, 5) is 6.34. The largest absolute Gasteiger partial charge is 0.325 e. The van der Waals surface area contributed by atoms with Crippen LogP contribution in [0.3, 0.4) is 0 Å². The second kappa shape index (κ2) is 6.01. The number of halogens is 2. The minimum absolute atomic E-state index is 0.0969. The summed E-state index contributed by atoms with van der Waals surface area (Å²) in [5.41, 5.74) is 3.23. The lowest BCUT2D eigenvalue weighted by Crippen LogP contribution is -2.29. The van der Waals surface area contributed by atoms with Crippen LogP contribution >= 0.6 is 0 Å². The SMILES string of the molecule is C=CC1=C(C(=C)C)CCCN1c1nc2nncn2c2ccc(F)c(F)c12. The van der Waals surface area contributed by atoms with E-state index in [2.05, 4.69) is 28.3 Å². The molecule has 0 fully saturated rings. The van der Waals surface area contributed by atoms with E-state index in [0.717, 1.165) is 35.8 Å². The predicted octanol–water partition coefficient (Wildman–Crippen LogP) is 4.17. The van der Waals surface area contributed by atoms with Gasteiger partial charge in [0.05, 0.1) is 10.9 Å². The zero-order valence-electron chi connectivity index (χ0n) is 14.3. The Bertz CT molecular complexity index is 1100. The molecule has 2 aromatic heterocycles. The molecule has 0 N–H and O–H groups in total. The summed E-state index contributed by atoms with van der Waals surface area (Å²) < 4.78 is 30.3. The Hall–Kier alpha value is -3.09. The van der Waals surface area contributed by atoms with Crippen LogP contribution in [0.25, 0.3) is 16.7 Å². The molecule has 0 atom stereocenters. The Morgan fingerprint density at radius 1 is 1.31 bits per heavy atom. The molecule has 7 heteroatoms. The second-order valence-corrected chi connectivity index (χ2v) is 6.30. The topological polar surface area (TPSA) is 46.3 Å². The van der Waals surface area contributed by atoms with Crippen LogP contribution in [0.4, 0.5) is 14.6 Å².